The molecule has 7 nitrogen and oxygen atoms in total. The van der Waals surface area contributed by atoms with Crippen LogP contribution in [0.15, 0.2) is 12.3 Å². The van der Waals surface area contributed by atoms with Crippen molar-refractivity contribution in [1.29, 1.82) is 0 Å². The summed E-state index contributed by atoms with van der Waals surface area (Å²) >= 11 is 6.20. The van der Waals surface area contributed by atoms with E-state index in [-0.39, 0.29) is 5.91 Å². The van der Waals surface area contributed by atoms with E-state index in [1.165, 1.54) is 0 Å². The standard InChI is InChI=1S/C20H25ClN6O/c1-4-8-27-19-16(11-23-27)15(10-17(24-19)14-5-6-14)20(28)22-7-9-26-13(3)18(21)12(2)25-26/h10-11,14H,4-9H2,1-3H3,(H,22,28). The van der Waals surface area contributed by atoms with Gasteiger partial charge in [0.2, 0.25) is 0 Å². The highest BCUT2D eigenvalue weighted by Gasteiger charge is 2.28. The number of nitrogens with zero attached hydrogens (tertiary/aromatic N) is 5. The first-order valence-electron chi connectivity index (χ1n) is 9.83. The van der Waals surface area contributed by atoms with Crippen molar-refractivity contribution in [1.82, 2.24) is 29.9 Å². The van der Waals surface area contributed by atoms with Gasteiger partial charge in [-0.15, -0.1) is 0 Å². The molecular formula is C20H25ClN6O. The number of nitrogens with one attached hydrogen (secondary N) is 1. The number of carbonyl (C=O) groups excluding carboxylic acids is 1. The molecule has 4 rings (SSSR count). The highest BCUT2D eigenvalue weighted by Crippen LogP contribution is 2.40. The number of fused-ring (bicyclic) bond motifs is 1. The summed E-state index contributed by atoms with van der Waals surface area (Å²) in [5.41, 5.74) is 4.18. The second-order valence-electron chi connectivity index (χ2n) is 7.44. The predicted octanol–water partition coefficient (Wildman–Crippen LogP) is 3.62. The van der Waals surface area contributed by atoms with Crippen LogP contribution in [0, 0.1) is 13.8 Å². The van der Waals surface area contributed by atoms with Gasteiger partial charge in [-0.2, -0.15) is 10.2 Å². The number of amides is 1. The van der Waals surface area contributed by atoms with Crippen molar-refractivity contribution in [3.05, 3.63) is 39.9 Å². The molecule has 28 heavy (non-hydrogen) atoms. The Morgan fingerprint density at radius 2 is 2.07 bits per heavy atom. The van der Waals surface area contributed by atoms with Crippen LogP contribution in [0.4, 0.5) is 0 Å². The maximum atomic E-state index is 12.9. The Hall–Kier alpha value is -2.41. The Bertz CT molecular complexity index is 1030. The first-order chi connectivity index (χ1) is 13.5. The van der Waals surface area contributed by atoms with E-state index in [9.17, 15) is 4.79 Å². The van der Waals surface area contributed by atoms with Gasteiger partial charge in [0.25, 0.3) is 5.91 Å². The molecule has 8 heteroatoms. The lowest BCUT2D eigenvalue weighted by molar-refractivity contribution is 0.0953. The molecule has 3 aromatic rings. The molecule has 0 atom stereocenters. The molecule has 1 saturated carbocycles. The zero-order valence-electron chi connectivity index (χ0n) is 16.5. The highest BCUT2D eigenvalue weighted by atomic mass is 35.5. The summed E-state index contributed by atoms with van der Waals surface area (Å²) in [7, 11) is 0. The third-order valence-electron chi connectivity index (χ3n) is 5.21. The minimum atomic E-state index is -0.0991. The third-order valence-corrected chi connectivity index (χ3v) is 5.75. The highest BCUT2D eigenvalue weighted by molar-refractivity contribution is 6.31. The van der Waals surface area contributed by atoms with Gasteiger partial charge in [-0.3, -0.25) is 9.48 Å². The molecule has 1 aliphatic rings. The van der Waals surface area contributed by atoms with Crippen molar-refractivity contribution in [2.75, 3.05) is 6.54 Å². The molecule has 0 aliphatic heterocycles. The van der Waals surface area contributed by atoms with E-state index >= 15 is 0 Å². The van der Waals surface area contributed by atoms with Crippen LogP contribution in [-0.4, -0.2) is 37.0 Å². The van der Waals surface area contributed by atoms with Gasteiger partial charge < -0.3 is 5.32 Å². The first kappa shape index (κ1) is 18.9. The maximum Gasteiger partial charge on any atom is 0.252 e. The number of aromatic nitrogens is 5. The van der Waals surface area contributed by atoms with Crippen molar-refractivity contribution in [2.24, 2.45) is 0 Å². The van der Waals surface area contributed by atoms with E-state index in [2.05, 4.69) is 22.4 Å². The zero-order valence-corrected chi connectivity index (χ0v) is 17.3. The van der Waals surface area contributed by atoms with Crippen LogP contribution in [-0.2, 0) is 13.1 Å². The van der Waals surface area contributed by atoms with Gasteiger partial charge in [-0.25, -0.2) is 9.67 Å². The fraction of sp³-hybridized carbons (Fsp3) is 0.500. The monoisotopic (exact) mass is 400 g/mol. The average molecular weight is 401 g/mol. The second kappa shape index (κ2) is 7.54. The number of pyridine rings is 1. The summed E-state index contributed by atoms with van der Waals surface area (Å²) < 4.78 is 3.73. The van der Waals surface area contributed by atoms with Gasteiger partial charge in [0.05, 0.1) is 40.1 Å². The molecule has 0 unspecified atom stereocenters. The molecule has 0 aromatic carbocycles. The minimum absolute atomic E-state index is 0.0991. The summed E-state index contributed by atoms with van der Waals surface area (Å²) in [6.07, 6.45) is 5.00. The SMILES string of the molecule is CCCn1ncc2c(C(=O)NCCn3nc(C)c(Cl)c3C)cc(C3CC3)nc21. The minimum Gasteiger partial charge on any atom is -0.350 e. The second-order valence-corrected chi connectivity index (χ2v) is 7.82. The Balaban J connectivity index is 1.55. The summed E-state index contributed by atoms with van der Waals surface area (Å²) in [5.74, 6) is 0.371. The van der Waals surface area contributed by atoms with Gasteiger partial charge in [-0.1, -0.05) is 18.5 Å². The molecule has 1 N–H and O–H groups in total. The van der Waals surface area contributed by atoms with Crippen molar-refractivity contribution in [3.63, 3.8) is 0 Å². The number of rotatable bonds is 7. The van der Waals surface area contributed by atoms with Crippen molar-refractivity contribution < 1.29 is 4.79 Å². The van der Waals surface area contributed by atoms with Gasteiger partial charge in [0.15, 0.2) is 5.65 Å². The van der Waals surface area contributed by atoms with Crippen LogP contribution in [0.25, 0.3) is 11.0 Å². The molecule has 1 fully saturated rings. The van der Waals surface area contributed by atoms with Crippen LogP contribution < -0.4 is 5.32 Å². The zero-order chi connectivity index (χ0) is 19.8. The number of carbonyl (C=O) groups is 1. The average Bonchev–Trinajstić information content (AvgIpc) is 3.42. The lowest BCUT2D eigenvalue weighted by Crippen LogP contribution is -2.28. The van der Waals surface area contributed by atoms with E-state index in [1.807, 2.05) is 29.3 Å². The molecule has 0 saturated heterocycles. The van der Waals surface area contributed by atoms with Crippen molar-refractivity contribution in [3.8, 4) is 0 Å². The Morgan fingerprint density at radius 3 is 2.71 bits per heavy atom. The molecule has 0 spiro atoms. The fourth-order valence-corrected chi connectivity index (χ4v) is 3.62. The maximum absolute atomic E-state index is 12.9. The number of hydrogen-bond acceptors (Lipinski definition) is 4. The van der Waals surface area contributed by atoms with Crippen LogP contribution in [0.2, 0.25) is 5.02 Å². The van der Waals surface area contributed by atoms with E-state index in [4.69, 9.17) is 16.6 Å². The fourth-order valence-electron chi connectivity index (χ4n) is 3.48. The molecular weight excluding hydrogens is 376 g/mol. The largest absolute Gasteiger partial charge is 0.350 e. The predicted molar refractivity (Wildman–Crippen MR) is 109 cm³/mol. The molecule has 1 amide bonds. The smallest absolute Gasteiger partial charge is 0.252 e. The van der Waals surface area contributed by atoms with Gasteiger partial charge >= 0.3 is 0 Å². The van der Waals surface area contributed by atoms with Gasteiger partial charge in [-0.05, 0) is 39.2 Å². The molecule has 0 radical (unpaired) electrons. The Kier molecular flexibility index (Phi) is 5.10. The van der Waals surface area contributed by atoms with Crippen LogP contribution in [0.5, 0.6) is 0 Å². The van der Waals surface area contributed by atoms with E-state index < -0.39 is 0 Å². The summed E-state index contributed by atoms with van der Waals surface area (Å²) in [6.45, 7) is 7.76. The number of hydrogen-bond donors (Lipinski definition) is 1. The number of aryl methyl sites for hydroxylation is 2. The quantitative estimate of drug-likeness (QED) is 0.657. The lowest BCUT2D eigenvalue weighted by atomic mass is 10.1. The number of halogens is 1. The topological polar surface area (TPSA) is 77.6 Å². The van der Waals surface area contributed by atoms with Gasteiger partial charge in [0, 0.05) is 24.7 Å². The van der Waals surface area contributed by atoms with E-state index in [0.717, 1.165) is 53.9 Å². The lowest BCUT2D eigenvalue weighted by Gasteiger charge is -2.10. The Morgan fingerprint density at radius 1 is 1.29 bits per heavy atom. The summed E-state index contributed by atoms with van der Waals surface area (Å²) in [5, 5.41) is 13.4. The van der Waals surface area contributed by atoms with Gasteiger partial charge in [0.1, 0.15) is 0 Å². The van der Waals surface area contributed by atoms with E-state index in [1.54, 1.807) is 6.20 Å². The van der Waals surface area contributed by atoms with Crippen molar-refractivity contribution >= 4 is 28.5 Å². The first-order valence-corrected chi connectivity index (χ1v) is 10.2. The Labute approximate surface area is 169 Å². The van der Waals surface area contributed by atoms with Crippen LogP contribution >= 0.6 is 11.6 Å². The summed E-state index contributed by atoms with van der Waals surface area (Å²) in [4.78, 5) is 17.7. The van der Waals surface area contributed by atoms with Crippen molar-refractivity contribution in [2.45, 2.75) is 59.0 Å². The van der Waals surface area contributed by atoms with E-state index in [0.29, 0.717) is 29.6 Å². The van der Waals surface area contributed by atoms with Crippen LogP contribution in [0.3, 0.4) is 0 Å². The molecule has 0 bridgehead atoms. The molecule has 148 valence electrons. The summed E-state index contributed by atoms with van der Waals surface area (Å²) in [6, 6.07) is 1.94. The molecule has 1 aliphatic carbocycles. The normalized spacial score (nSPS) is 14.0. The molecule has 3 aromatic heterocycles. The molecule has 3 heterocycles. The van der Waals surface area contributed by atoms with Crippen LogP contribution in [0.1, 0.15) is 59.5 Å². The third kappa shape index (κ3) is 3.51.